The number of hydrogen-bond acceptors (Lipinski definition) is 6. The van der Waals surface area contributed by atoms with Crippen LogP contribution >= 0.6 is 0 Å². The van der Waals surface area contributed by atoms with E-state index in [1.165, 1.54) is 0 Å². The molecule has 2 aromatic rings. The number of fused-ring (bicyclic) bond motifs is 1. The minimum Gasteiger partial charge on any atom is -0.494 e. The van der Waals surface area contributed by atoms with Gasteiger partial charge in [-0.05, 0) is 48.2 Å². The average Bonchev–Trinajstić information content (AvgIpc) is 2.72. The summed E-state index contributed by atoms with van der Waals surface area (Å²) in [6.45, 7) is 8.87. The minimum atomic E-state index is -0.658. The number of rotatable bonds is 5. The molecule has 0 amide bonds. The van der Waals surface area contributed by atoms with E-state index in [0.717, 1.165) is 16.3 Å². The van der Waals surface area contributed by atoms with Crippen molar-refractivity contribution in [2.75, 3.05) is 13.2 Å². The number of benzene rings is 2. The summed E-state index contributed by atoms with van der Waals surface area (Å²) in [5.74, 6) is 1.24. The third kappa shape index (κ3) is 3.69. The van der Waals surface area contributed by atoms with Crippen molar-refractivity contribution in [3.63, 3.8) is 0 Å². The van der Waals surface area contributed by atoms with Gasteiger partial charge in [0.15, 0.2) is 5.78 Å². The number of carbonyl (C=O) groups excluding carboxylic acids is 1. The number of ether oxygens (including phenoxy) is 3. The van der Waals surface area contributed by atoms with Gasteiger partial charge in [-0.1, -0.05) is 26.0 Å². The predicted molar refractivity (Wildman–Crippen MR) is 122 cm³/mol. The third-order valence-corrected chi connectivity index (χ3v) is 5.97. The van der Waals surface area contributed by atoms with Crippen molar-refractivity contribution in [1.82, 2.24) is 0 Å². The van der Waals surface area contributed by atoms with Crippen LogP contribution in [0.25, 0.3) is 10.8 Å². The lowest BCUT2D eigenvalue weighted by molar-refractivity contribution is -0.119. The average molecular weight is 433 g/mol. The summed E-state index contributed by atoms with van der Waals surface area (Å²) >= 11 is 0. The van der Waals surface area contributed by atoms with E-state index in [-0.39, 0.29) is 22.7 Å². The largest absolute Gasteiger partial charge is 0.494 e. The molecular formula is C26H28N2O4. The van der Waals surface area contributed by atoms with Gasteiger partial charge in [0, 0.05) is 24.0 Å². The van der Waals surface area contributed by atoms with Gasteiger partial charge in [0.1, 0.15) is 28.9 Å². The molecule has 0 saturated heterocycles. The predicted octanol–water partition coefficient (Wildman–Crippen LogP) is 5.09. The van der Waals surface area contributed by atoms with Gasteiger partial charge in [0.25, 0.3) is 0 Å². The highest BCUT2D eigenvalue weighted by Gasteiger charge is 2.44. The lowest BCUT2D eigenvalue weighted by Gasteiger charge is -2.37. The number of nitrogens with zero attached hydrogens (tertiary/aromatic N) is 1. The Labute approximate surface area is 188 Å². The van der Waals surface area contributed by atoms with Crippen LogP contribution in [-0.4, -0.2) is 19.0 Å². The molecule has 6 heteroatoms. The summed E-state index contributed by atoms with van der Waals surface area (Å²) in [4.78, 5) is 13.4. The minimum absolute atomic E-state index is 0.0260. The molecule has 1 heterocycles. The Kier molecular flexibility index (Phi) is 5.60. The molecule has 32 heavy (non-hydrogen) atoms. The fourth-order valence-corrected chi connectivity index (χ4v) is 4.71. The van der Waals surface area contributed by atoms with E-state index in [0.29, 0.717) is 48.9 Å². The first kappa shape index (κ1) is 21.8. The molecule has 2 aromatic carbocycles. The van der Waals surface area contributed by atoms with Crippen molar-refractivity contribution >= 4 is 16.6 Å². The van der Waals surface area contributed by atoms with Crippen molar-refractivity contribution in [2.45, 2.75) is 46.5 Å². The summed E-state index contributed by atoms with van der Waals surface area (Å²) < 4.78 is 17.6. The zero-order chi connectivity index (χ0) is 23.0. The Hall–Kier alpha value is -3.46. The van der Waals surface area contributed by atoms with Gasteiger partial charge in [-0.2, -0.15) is 5.26 Å². The second-order valence-electron chi connectivity index (χ2n) is 8.93. The van der Waals surface area contributed by atoms with Crippen molar-refractivity contribution in [1.29, 1.82) is 5.26 Å². The van der Waals surface area contributed by atoms with Gasteiger partial charge in [-0.25, -0.2) is 0 Å². The highest BCUT2D eigenvalue weighted by molar-refractivity contribution is 6.02. The normalized spacial score (nSPS) is 20.0. The van der Waals surface area contributed by atoms with Crippen LogP contribution in [0, 0.1) is 16.7 Å². The Morgan fingerprint density at radius 1 is 1.16 bits per heavy atom. The summed E-state index contributed by atoms with van der Waals surface area (Å²) in [5.41, 5.74) is 7.46. The lowest BCUT2D eigenvalue weighted by Crippen LogP contribution is -2.33. The Balaban J connectivity index is 2.05. The number of hydrogen-bond donors (Lipinski definition) is 1. The number of nitrogens with two attached hydrogens (primary N) is 1. The van der Waals surface area contributed by atoms with Crippen LogP contribution in [0.2, 0.25) is 0 Å². The summed E-state index contributed by atoms with van der Waals surface area (Å²) in [7, 11) is 0. The van der Waals surface area contributed by atoms with E-state index >= 15 is 0 Å². The van der Waals surface area contributed by atoms with Crippen LogP contribution in [0.1, 0.15) is 52.0 Å². The first-order valence-electron chi connectivity index (χ1n) is 11.0. The van der Waals surface area contributed by atoms with E-state index in [4.69, 9.17) is 19.9 Å². The van der Waals surface area contributed by atoms with Gasteiger partial charge in [0.2, 0.25) is 5.88 Å². The molecule has 0 fully saturated rings. The highest BCUT2D eigenvalue weighted by Crippen LogP contribution is 2.51. The van der Waals surface area contributed by atoms with E-state index in [1.807, 2.05) is 58.0 Å². The second-order valence-corrected chi connectivity index (χ2v) is 8.93. The molecule has 166 valence electrons. The summed E-state index contributed by atoms with van der Waals surface area (Å²) in [6.07, 6.45) is 0.951. The van der Waals surface area contributed by atoms with E-state index < -0.39 is 5.92 Å². The topological polar surface area (TPSA) is 94.6 Å². The molecule has 1 atom stereocenters. The van der Waals surface area contributed by atoms with E-state index in [2.05, 4.69) is 6.07 Å². The number of nitriles is 1. The Morgan fingerprint density at radius 2 is 1.88 bits per heavy atom. The van der Waals surface area contributed by atoms with Crippen LogP contribution in [0.4, 0.5) is 0 Å². The quantitative estimate of drug-likeness (QED) is 0.707. The van der Waals surface area contributed by atoms with Crippen LogP contribution in [0.5, 0.6) is 11.5 Å². The maximum atomic E-state index is 13.4. The number of ketones is 1. The smallest absolute Gasteiger partial charge is 0.205 e. The molecule has 0 radical (unpaired) electrons. The summed E-state index contributed by atoms with van der Waals surface area (Å²) in [5, 5.41) is 11.9. The first-order valence-corrected chi connectivity index (χ1v) is 11.0. The van der Waals surface area contributed by atoms with Gasteiger partial charge >= 0.3 is 0 Å². The number of allylic oxidation sites excluding steroid dienone is 3. The van der Waals surface area contributed by atoms with Crippen molar-refractivity contribution in [3.05, 3.63) is 58.7 Å². The summed E-state index contributed by atoms with van der Waals surface area (Å²) in [6, 6.07) is 11.9. The van der Waals surface area contributed by atoms with Crippen molar-refractivity contribution < 1.29 is 19.0 Å². The molecule has 0 bridgehead atoms. The first-order chi connectivity index (χ1) is 15.3. The molecule has 2 aliphatic rings. The molecule has 1 aliphatic heterocycles. The zero-order valence-electron chi connectivity index (χ0n) is 19.0. The lowest BCUT2D eigenvalue weighted by atomic mass is 9.69. The molecule has 0 aromatic heterocycles. The Bertz CT molecular complexity index is 1200. The fourth-order valence-electron chi connectivity index (χ4n) is 4.71. The SMILES string of the molecule is CCOc1ccc2ccc(OCC)c([C@@H]3C(C#N)=C(N)OC4=C3C(=O)CC(C)(C)C4)c2c1. The second kappa shape index (κ2) is 8.23. The van der Waals surface area contributed by atoms with Gasteiger partial charge in [-0.3, -0.25) is 4.79 Å². The van der Waals surface area contributed by atoms with Crippen LogP contribution in [0.15, 0.2) is 53.1 Å². The molecule has 1 aliphatic carbocycles. The molecule has 2 N–H and O–H groups in total. The maximum Gasteiger partial charge on any atom is 0.205 e. The Morgan fingerprint density at radius 3 is 2.56 bits per heavy atom. The van der Waals surface area contributed by atoms with Crippen LogP contribution < -0.4 is 15.2 Å². The molecule has 6 nitrogen and oxygen atoms in total. The van der Waals surface area contributed by atoms with Crippen molar-refractivity contribution in [3.8, 4) is 17.6 Å². The number of carbonyl (C=O) groups is 1. The van der Waals surface area contributed by atoms with Crippen LogP contribution in [0.3, 0.4) is 0 Å². The van der Waals surface area contributed by atoms with Gasteiger partial charge in [-0.15, -0.1) is 0 Å². The standard InChI is InChI=1S/C26H28N2O4/c1-5-30-16-9-7-15-8-10-20(31-6-2)22(17(15)11-16)23-18(14-27)25(28)32-21-13-26(3,4)12-19(29)24(21)23/h7-11,23H,5-6,12-13,28H2,1-4H3/t23-/m0/s1. The monoisotopic (exact) mass is 432 g/mol. The zero-order valence-corrected chi connectivity index (χ0v) is 19.0. The van der Waals surface area contributed by atoms with Gasteiger partial charge < -0.3 is 19.9 Å². The fraction of sp³-hybridized carbons (Fsp3) is 0.385. The van der Waals surface area contributed by atoms with Crippen LogP contribution in [-0.2, 0) is 9.53 Å². The molecule has 0 spiro atoms. The maximum absolute atomic E-state index is 13.4. The van der Waals surface area contributed by atoms with Gasteiger partial charge in [0.05, 0.1) is 19.1 Å². The number of Topliss-reactive ketones (excluding diaryl/α,β-unsaturated/α-hetero) is 1. The molecular weight excluding hydrogens is 404 g/mol. The molecule has 0 unspecified atom stereocenters. The van der Waals surface area contributed by atoms with Crippen molar-refractivity contribution in [2.24, 2.45) is 11.1 Å². The molecule has 4 rings (SSSR count). The van der Waals surface area contributed by atoms with E-state index in [1.54, 1.807) is 0 Å². The molecule has 0 saturated carbocycles. The van der Waals surface area contributed by atoms with E-state index in [9.17, 15) is 10.1 Å². The third-order valence-electron chi connectivity index (χ3n) is 5.97. The highest BCUT2D eigenvalue weighted by atomic mass is 16.5.